The van der Waals surface area contributed by atoms with Gasteiger partial charge in [0.15, 0.2) is 6.10 Å². The Bertz CT molecular complexity index is 1140. The Morgan fingerprint density at radius 3 is 1.16 bits per heavy atom. The zero-order chi connectivity index (χ0) is 41.5. The van der Waals surface area contributed by atoms with Crippen LogP contribution in [0.15, 0.2) is 85.1 Å². The molecule has 0 heterocycles. The van der Waals surface area contributed by atoms with Gasteiger partial charge >= 0.3 is 17.9 Å². The molecule has 0 fully saturated rings. The first kappa shape index (κ1) is 53.6. The number of carbonyl (C=O) groups is 3. The summed E-state index contributed by atoms with van der Waals surface area (Å²) in [5.41, 5.74) is 0. The zero-order valence-electron chi connectivity index (χ0n) is 36.8. The fourth-order valence-corrected chi connectivity index (χ4v) is 6.05. The van der Waals surface area contributed by atoms with Crippen molar-refractivity contribution in [3.63, 3.8) is 0 Å². The predicted octanol–water partition coefficient (Wildman–Crippen LogP) is 14.9. The standard InChI is InChI=1S/C51H84O6/c1-4-7-10-13-16-19-22-25-27-29-32-35-38-41-44-50(53)56-47-48(46-55-49(52)43-40-37-34-31-28-24-21-18-15-12-9-6-3)57-51(54)45-42-39-36-33-30-26-23-20-17-14-11-8-5-2/h7-12,14,16-21,23,48H,4-6,13,15,22,24-47H2,1-3H3/b10-7-,11-8-,12-9-,17-14-,19-16-,21-18-,23-20-. The molecule has 0 aromatic rings. The smallest absolute Gasteiger partial charge is 0.306 e. The quantitative estimate of drug-likeness (QED) is 0.0202. The lowest BCUT2D eigenvalue weighted by Gasteiger charge is -2.18. The summed E-state index contributed by atoms with van der Waals surface area (Å²) in [5.74, 6) is -0.946. The Morgan fingerprint density at radius 1 is 0.368 bits per heavy atom. The molecule has 0 rings (SSSR count). The molecule has 0 aromatic heterocycles. The SMILES string of the molecule is CC\C=C/C=C\C=C/CCCCCCCC(=O)OC(COC(=O)CCCCCCC/C=C\C/C=C\CC)COC(=O)CCCCCCCCC/C=C\C/C=C\CC. The molecule has 6 heteroatoms. The number of carbonyl (C=O) groups excluding carboxylic acids is 3. The van der Waals surface area contributed by atoms with Crippen LogP contribution in [0.3, 0.4) is 0 Å². The molecule has 6 nitrogen and oxygen atoms in total. The zero-order valence-corrected chi connectivity index (χ0v) is 36.8. The van der Waals surface area contributed by atoms with E-state index in [-0.39, 0.29) is 31.1 Å². The normalized spacial score (nSPS) is 12.8. The van der Waals surface area contributed by atoms with Gasteiger partial charge < -0.3 is 14.2 Å². The van der Waals surface area contributed by atoms with Gasteiger partial charge in [0.2, 0.25) is 0 Å². The molecule has 0 aliphatic rings. The summed E-state index contributed by atoms with van der Waals surface area (Å²) < 4.78 is 16.7. The fraction of sp³-hybridized carbons (Fsp3) is 0.667. The Labute approximate surface area is 350 Å². The second-order valence-corrected chi connectivity index (χ2v) is 14.9. The Kier molecular flexibility index (Phi) is 42.6. The molecule has 0 N–H and O–H groups in total. The van der Waals surface area contributed by atoms with Crippen molar-refractivity contribution in [1.82, 2.24) is 0 Å². The molecule has 0 radical (unpaired) electrons. The maximum absolute atomic E-state index is 12.7. The van der Waals surface area contributed by atoms with Crippen molar-refractivity contribution in [1.29, 1.82) is 0 Å². The number of unbranched alkanes of at least 4 members (excludes halogenated alkanes) is 17. The van der Waals surface area contributed by atoms with E-state index in [1.807, 2.05) is 0 Å². The van der Waals surface area contributed by atoms with Gasteiger partial charge in [-0.3, -0.25) is 14.4 Å². The highest BCUT2D eigenvalue weighted by molar-refractivity contribution is 5.71. The third-order valence-electron chi connectivity index (χ3n) is 9.44. The summed E-state index contributed by atoms with van der Waals surface area (Å²) in [6.45, 7) is 6.23. The van der Waals surface area contributed by atoms with Gasteiger partial charge in [-0.15, -0.1) is 0 Å². The van der Waals surface area contributed by atoms with E-state index >= 15 is 0 Å². The highest BCUT2D eigenvalue weighted by Gasteiger charge is 2.19. The van der Waals surface area contributed by atoms with Crippen LogP contribution < -0.4 is 0 Å². The van der Waals surface area contributed by atoms with E-state index in [1.165, 1.54) is 25.7 Å². The van der Waals surface area contributed by atoms with Crippen molar-refractivity contribution < 1.29 is 28.6 Å². The van der Waals surface area contributed by atoms with Crippen molar-refractivity contribution in [2.45, 2.75) is 207 Å². The maximum Gasteiger partial charge on any atom is 0.306 e. The van der Waals surface area contributed by atoms with Crippen LogP contribution in [-0.4, -0.2) is 37.2 Å². The predicted molar refractivity (Wildman–Crippen MR) is 242 cm³/mol. The molecular weight excluding hydrogens is 709 g/mol. The number of allylic oxidation sites excluding steroid dienone is 14. The molecule has 0 aromatic carbocycles. The number of hydrogen-bond acceptors (Lipinski definition) is 6. The third kappa shape index (κ3) is 43.6. The molecule has 1 unspecified atom stereocenters. The minimum Gasteiger partial charge on any atom is -0.462 e. The van der Waals surface area contributed by atoms with Gasteiger partial charge in [-0.2, -0.15) is 0 Å². The lowest BCUT2D eigenvalue weighted by Crippen LogP contribution is -2.30. The van der Waals surface area contributed by atoms with Gasteiger partial charge in [0.1, 0.15) is 13.2 Å². The summed E-state index contributed by atoms with van der Waals surface area (Å²) in [6.07, 6.45) is 57.1. The average molecular weight is 793 g/mol. The van der Waals surface area contributed by atoms with Crippen LogP contribution in [0.1, 0.15) is 201 Å². The second-order valence-electron chi connectivity index (χ2n) is 14.9. The summed E-state index contributed by atoms with van der Waals surface area (Å²) >= 11 is 0. The topological polar surface area (TPSA) is 78.9 Å². The first-order valence-electron chi connectivity index (χ1n) is 23.1. The molecule has 0 aliphatic carbocycles. The summed E-state index contributed by atoms with van der Waals surface area (Å²) in [7, 11) is 0. The average Bonchev–Trinajstić information content (AvgIpc) is 3.21. The van der Waals surface area contributed by atoms with E-state index in [4.69, 9.17) is 14.2 Å². The van der Waals surface area contributed by atoms with E-state index in [0.29, 0.717) is 19.3 Å². The second kappa shape index (κ2) is 45.3. The van der Waals surface area contributed by atoms with Crippen LogP contribution in [0, 0.1) is 0 Å². The van der Waals surface area contributed by atoms with Crippen LogP contribution in [0.25, 0.3) is 0 Å². The highest BCUT2D eigenvalue weighted by Crippen LogP contribution is 2.13. The third-order valence-corrected chi connectivity index (χ3v) is 9.44. The van der Waals surface area contributed by atoms with Gasteiger partial charge in [-0.05, 0) is 89.9 Å². The lowest BCUT2D eigenvalue weighted by atomic mass is 10.1. The molecule has 0 saturated heterocycles. The van der Waals surface area contributed by atoms with Crippen LogP contribution in [-0.2, 0) is 28.6 Å². The van der Waals surface area contributed by atoms with Crippen LogP contribution in [0.5, 0.6) is 0 Å². The fourth-order valence-electron chi connectivity index (χ4n) is 6.05. The summed E-state index contributed by atoms with van der Waals surface area (Å²) in [4.78, 5) is 37.8. The summed E-state index contributed by atoms with van der Waals surface area (Å²) in [5, 5.41) is 0. The molecule has 0 bridgehead atoms. The largest absolute Gasteiger partial charge is 0.462 e. The number of rotatable bonds is 40. The molecule has 0 amide bonds. The number of esters is 3. The van der Waals surface area contributed by atoms with Crippen molar-refractivity contribution in [3.05, 3.63) is 85.1 Å². The summed E-state index contributed by atoms with van der Waals surface area (Å²) in [6, 6.07) is 0. The molecular formula is C51H84O6. The first-order chi connectivity index (χ1) is 28.0. The van der Waals surface area contributed by atoms with Crippen molar-refractivity contribution >= 4 is 17.9 Å². The van der Waals surface area contributed by atoms with Gasteiger partial charge in [-0.25, -0.2) is 0 Å². The Balaban J connectivity index is 4.45. The van der Waals surface area contributed by atoms with Crippen LogP contribution >= 0.6 is 0 Å². The van der Waals surface area contributed by atoms with Crippen molar-refractivity contribution in [2.75, 3.05) is 13.2 Å². The Morgan fingerprint density at radius 2 is 0.719 bits per heavy atom. The van der Waals surface area contributed by atoms with Gasteiger partial charge in [0.05, 0.1) is 0 Å². The molecule has 0 saturated carbocycles. The molecule has 324 valence electrons. The first-order valence-corrected chi connectivity index (χ1v) is 23.1. The van der Waals surface area contributed by atoms with E-state index in [9.17, 15) is 14.4 Å². The molecule has 0 spiro atoms. The molecule has 1 atom stereocenters. The van der Waals surface area contributed by atoms with E-state index in [2.05, 4.69) is 106 Å². The van der Waals surface area contributed by atoms with E-state index in [1.54, 1.807) is 0 Å². The van der Waals surface area contributed by atoms with Gasteiger partial charge in [0.25, 0.3) is 0 Å². The van der Waals surface area contributed by atoms with E-state index < -0.39 is 6.10 Å². The maximum atomic E-state index is 12.7. The van der Waals surface area contributed by atoms with Gasteiger partial charge in [0, 0.05) is 19.3 Å². The highest BCUT2D eigenvalue weighted by atomic mass is 16.6. The lowest BCUT2D eigenvalue weighted by molar-refractivity contribution is -0.167. The monoisotopic (exact) mass is 793 g/mol. The molecule has 57 heavy (non-hydrogen) atoms. The number of ether oxygens (including phenoxy) is 3. The van der Waals surface area contributed by atoms with E-state index in [0.717, 1.165) is 135 Å². The number of hydrogen-bond donors (Lipinski definition) is 0. The van der Waals surface area contributed by atoms with Gasteiger partial charge in [-0.1, -0.05) is 176 Å². The van der Waals surface area contributed by atoms with Crippen molar-refractivity contribution in [3.8, 4) is 0 Å². The van der Waals surface area contributed by atoms with Crippen LogP contribution in [0.2, 0.25) is 0 Å². The van der Waals surface area contributed by atoms with Crippen LogP contribution in [0.4, 0.5) is 0 Å². The minimum atomic E-state index is -0.795. The van der Waals surface area contributed by atoms with Crippen molar-refractivity contribution in [2.24, 2.45) is 0 Å². The Hall–Kier alpha value is -3.41. The molecule has 0 aliphatic heterocycles. The minimum absolute atomic E-state index is 0.0951.